The Hall–Kier alpha value is -2.11. The Labute approximate surface area is 84.8 Å². The number of carbonyl (C=O) groups excluding carboxylic acids is 1. The second-order valence-corrected chi connectivity index (χ2v) is 2.79. The molecule has 80 valence electrons. The van der Waals surface area contributed by atoms with Crippen LogP contribution in [0.25, 0.3) is 6.20 Å². The van der Waals surface area contributed by atoms with Crippen LogP contribution in [0.15, 0.2) is 21.9 Å². The standard InChI is InChI=1S/C9H10N2O4/c1-6-5-10-9(14)11(8(6)13)4-3-7(12)15-2/h3-5H,1-2H3,(H,10,14)/b4-3+. The van der Waals surface area contributed by atoms with E-state index in [1.54, 1.807) is 6.92 Å². The Kier molecular flexibility index (Phi) is 3.22. The molecule has 0 amide bonds. The highest BCUT2D eigenvalue weighted by atomic mass is 16.5. The number of hydrogen-bond acceptors (Lipinski definition) is 4. The molecule has 6 nitrogen and oxygen atoms in total. The SMILES string of the molecule is COC(=O)/C=C/n1c(=O)[nH]cc(C)c1=O. The molecule has 0 saturated heterocycles. The highest BCUT2D eigenvalue weighted by molar-refractivity contribution is 5.84. The van der Waals surface area contributed by atoms with E-state index in [1.807, 2.05) is 0 Å². The van der Waals surface area contributed by atoms with E-state index in [4.69, 9.17) is 0 Å². The Morgan fingerprint density at radius 2 is 2.20 bits per heavy atom. The molecule has 0 spiro atoms. The van der Waals surface area contributed by atoms with E-state index in [0.717, 1.165) is 16.8 Å². The smallest absolute Gasteiger partial charge is 0.332 e. The summed E-state index contributed by atoms with van der Waals surface area (Å²) < 4.78 is 5.13. The van der Waals surface area contributed by atoms with Gasteiger partial charge in [0, 0.05) is 24.0 Å². The highest BCUT2D eigenvalue weighted by Crippen LogP contribution is 1.83. The average Bonchev–Trinajstić information content (AvgIpc) is 2.23. The number of carbonyl (C=O) groups is 1. The second-order valence-electron chi connectivity index (χ2n) is 2.79. The lowest BCUT2D eigenvalue weighted by Gasteiger charge is -1.97. The van der Waals surface area contributed by atoms with Crippen LogP contribution >= 0.6 is 0 Å². The van der Waals surface area contributed by atoms with Gasteiger partial charge in [-0.15, -0.1) is 0 Å². The van der Waals surface area contributed by atoms with Gasteiger partial charge in [-0.1, -0.05) is 0 Å². The third-order valence-corrected chi connectivity index (χ3v) is 1.75. The zero-order valence-corrected chi connectivity index (χ0v) is 8.31. The maximum Gasteiger partial charge on any atom is 0.332 e. The van der Waals surface area contributed by atoms with Crippen molar-refractivity contribution < 1.29 is 9.53 Å². The molecule has 6 heteroatoms. The van der Waals surface area contributed by atoms with Gasteiger partial charge in [-0.2, -0.15) is 0 Å². The third-order valence-electron chi connectivity index (χ3n) is 1.75. The van der Waals surface area contributed by atoms with Crippen molar-refractivity contribution in [3.05, 3.63) is 38.7 Å². The summed E-state index contributed by atoms with van der Waals surface area (Å²) in [5, 5.41) is 0. The fourth-order valence-electron chi connectivity index (χ4n) is 0.922. The van der Waals surface area contributed by atoms with E-state index in [2.05, 4.69) is 9.72 Å². The van der Waals surface area contributed by atoms with Gasteiger partial charge in [0.2, 0.25) is 0 Å². The van der Waals surface area contributed by atoms with Gasteiger partial charge in [0.25, 0.3) is 5.56 Å². The van der Waals surface area contributed by atoms with E-state index in [9.17, 15) is 14.4 Å². The molecule has 0 aliphatic carbocycles. The van der Waals surface area contributed by atoms with Gasteiger partial charge in [0.05, 0.1) is 7.11 Å². The molecule has 1 rings (SSSR count). The molecule has 0 aromatic carbocycles. The molecule has 0 bridgehead atoms. The van der Waals surface area contributed by atoms with Crippen LogP contribution in [-0.2, 0) is 9.53 Å². The molecule has 1 aromatic heterocycles. The van der Waals surface area contributed by atoms with Crippen molar-refractivity contribution in [2.24, 2.45) is 0 Å². The van der Waals surface area contributed by atoms with Crippen molar-refractivity contribution in [3.8, 4) is 0 Å². The molecule has 1 aromatic rings. The van der Waals surface area contributed by atoms with E-state index < -0.39 is 17.2 Å². The van der Waals surface area contributed by atoms with Crippen LogP contribution in [0, 0.1) is 6.92 Å². The van der Waals surface area contributed by atoms with Gasteiger partial charge in [-0.25, -0.2) is 14.2 Å². The van der Waals surface area contributed by atoms with E-state index in [-0.39, 0.29) is 0 Å². The number of hydrogen-bond donors (Lipinski definition) is 1. The number of ether oxygens (including phenoxy) is 1. The minimum atomic E-state index is -0.636. The van der Waals surface area contributed by atoms with Crippen LogP contribution in [-0.4, -0.2) is 22.6 Å². The predicted octanol–water partition coefficient (Wildman–Crippen LogP) is -0.511. The average molecular weight is 210 g/mol. The first-order chi connectivity index (χ1) is 7.06. The summed E-state index contributed by atoms with van der Waals surface area (Å²) in [4.78, 5) is 35.7. The van der Waals surface area contributed by atoms with E-state index in [0.29, 0.717) is 5.56 Å². The molecule has 0 aliphatic heterocycles. The van der Waals surface area contributed by atoms with Gasteiger partial charge in [0.1, 0.15) is 0 Å². The summed E-state index contributed by atoms with van der Waals surface area (Å²) in [5.41, 5.74) is -0.700. The number of nitrogens with zero attached hydrogens (tertiary/aromatic N) is 1. The zero-order valence-electron chi connectivity index (χ0n) is 8.31. The maximum atomic E-state index is 11.4. The Morgan fingerprint density at radius 3 is 2.80 bits per heavy atom. The predicted molar refractivity (Wildman–Crippen MR) is 53.4 cm³/mol. The molecule has 1 heterocycles. The maximum absolute atomic E-state index is 11.4. The van der Waals surface area contributed by atoms with Crippen molar-refractivity contribution in [3.63, 3.8) is 0 Å². The van der Waals surface area contributed by atoms with Crippen LogP contribution in [0.4, 0.5) is 0 Å². The Bertz CT molecular complexity index is 510. The number of methoxy groups -OCH3 is 1. The van der Waals surface area contributed by atoms with Crippen LogP contribution in [0.5, 0.6) is 0 Å². The fraction of sp³-hybridized carbons (Fsp3) is 0.222. The topological polar surface area (TPSA) is 81.2 Å². The minimum Gasteiger partial charge on any atom is -0.466 e. The van der Waals surface area contributed by atoms with Gasteiger partial charge in [-0.3, -0.25) is 4.79 Å². The van der Waals surface area contributed by atoms with Crippen LogP contribution in [0.2, 0.25) is 0 Å². The summed E-state index contributed by atoms with van der Waals surface area (Å²) in [6.45, 7) is 1.56. The third kappa shape index (κ3) is 2.43. The Balaban J connectivity index is 3.21. The number of aryl methyl sites for hydroxylation is 1. The molecule has 0 saturated carbocycles. The number of H-pyrrole nitrogens is 1. The summed E-state index contributed by atoms with van der Waals surface area (Å²) in [7, 11) is 1.20. The van der Waals surface area contributed by atoms with Crippen molar-refractivity contribution in [1.82, 2.24) is 9.55 Å². The number of nitrogens with one attached hydrogen (secondary N) is 1. The molecular formula is C9H10N2O4. The van der Waals surface area contributed by atoms with Crippen LogP contribution < -0.4 is 11.2 Å². The molecule has 0 aliphatic rings. The quantitative estimate of drug-likeness (QED) is 0.526. The van der Waals surface area contributed by atoms with E-state index in [1.165, 1.54) is 13.3 Å². The van der Waals surface area contributed by atoms with Crippen LogP contribution in [0.1, 0.15) is 5.56 Å². The summed E-state index contributed by atoms with van der Waals surface area (Å²) >= 11 is 0. The molecule has 0 atom stereocenters. The van der Waals surface area contributed by atoms with Gasteiger partial charge in [-0.05, 0) is 6.92 Å². The number of aromatic amines is 1. The lowest BCUT2D eigenvalue weighted by atomic mass is 10.4. The monoisotopic (exact) mass is 210 g/mol. The number of aromatic nitrogens is 2. The van der Waals surface area contributed by atoms with Crippen molar-refractivity contribution >= 4 is 12.2 Å². The molecule has 0 radical (unpaired) electrons. The normalized spacial score (nSPS) is 10.5. The summed E-state index contributed by atoms with van der Waals surface area (Å²) in [5.74, 6) is -0.636. The first kappa shape index (κ1) is 11.0. The highest BCUT2D eigenvalue weighted by Gasteiger charge is 2.01. The zero-order chi connectivity index (χ0) is 11.4. The number of rotatable bonds is 2. The first-order valence-corrected chi connectivity index (χ1v) is 4.13. The molecule has 0 unspecified atom stereocenters. The molecule has 1 N–H and O–H groups in total. The molecule has 15 heavy (non-hydrogen) atoms. The van der Waals surface area contributed by atoms with E-state index >= 15 is 0 Å². The summed E-state index contributed by atoms with van der Waals surface area (Å²) in [6, 6.07) is 0. The largest absolute Gasteiger partial charge is 0.466 e. The van der Waals surface area contributed by atoms with Crippen molar-refractivity contribution in [2.45, 2.75) is 6.92 Å². The lowest BCUT2D eigenvalue weighted by molar-refractivity contribution is -0.134. The fourth-order valence-corrected chi connectivity index (χ4v) is 0.922. The Morgan fingerprint density at radius 1 is 1.53 bits per heavy atom. The van der Waals surface area contributed by atoms with Crippen molar-refractivity contribution in [2.75, 3.05) is 7.11 Å². The first-order valence-electron chi connectivity index (χ1n) is 4.13. The van der Waals surface area contributed by atoms with Gasteiger partial charge in [0.15, 0.2) is 0 Å². The lowest BCUT2D eigenvalue weighted by Crippen LogP contribution is -2.32. The van der Waals surface area contributed by atoms with Gasteiger partial charge < -0.3 is 9.72 Å². The van der Waals surface area contributed by atoms with Gasteiger partial charge >= 0.3 is 11.7 Å². The summed E-state index contributed by atoms with van der Waals surface area (Å²) in [6.07, 6.45) is 3.38. The number of esters is 1. The molecular weight excluding hydrogens is 200 g/mol. The van der Waals surface area contributed by atoms with Crippen molar-refractivity contribution in [1.29, 1.82) is 0 Å². The second kappa shape index (κ2) is 4.41. The minimum absolute atomic E-state index is 0.379. The molecule has 0 fully saturated rings. The van der Waals surface area contributed by atoms with Crippen LogP contribution in [0.3, 0.4) is 0 Å².